The normalized spacial score (nSPS) is 13.3. The van der Waals surface area contributed by atoms with Gasteiger partial charge in [-0.15, -0.1) is 0 Å². The monoisotopic (exact) mass is 652 g/mol. The molecule has 9 aromatic carbocycles. The second-order valence-electron chi connectivity index (χ2n) is 13.3. The van der Waals surface area contributed by atoms with Crippen LogP contribution >= 0.6 is 11.8 Å². The van der Waals surface area contributed by atoms with Crippen LogP contribution in [0, 0.1) is 0 Å². The van der Waals surface area contributed by atoms with Gasteiger partial charge >= 0.3 is 0 Å². The molecule has 9 aromatic rings. The smallest absolute Gasteiger partial charge is 0.0735 e. The zero-order chi connectivity index (χ0) is 33.1. The van der Waals surface area contributed by atoms with E-state index in [1.54, 1.807) is 0 Å². The molecule has 0 radical (unpaired) electrons. The van der Waals surface area contributed by atoms with Crippen molar-refractivity contribution in [3.63, 3.8) is 0 Å². The maximum atomic E-state index is 2.39. The first kappa shape index (κ1) is 29.1. The van der Waals surface area contributed by atoms with Crippen molar-refractivity contribution in [2.45, 2.75) is 15.2 Å². The van der Waals surface area contributed by atoms with Crippen LogP contribution in [0.15, 0.2) is 204 Å². The molecule has 0 saturated heterocycles. The summed E-state index contributed by atoms with van der Waals surface area (Å²) in [6.45, 7) is 0. The van der Waals surface area contributed by atoms with Crippen molar-refractivity contribution >= 4 is 44.1 Å². The molecule has 0 aliphatic carbocycles. The van der Waals surface area contributed by atoms with Crippen LogP contribution in [-0.2, 0) is 5.41 Å². The minimum Gasteiger partial charge on any atom is -0.0894 e. The van der Waals surface area contributed by atoms with Gasteiger partial charge in [0.15, 0.2) is 0 Å². The van der Waals surface area contributed by atoms with Crippen molar-refractivity contribution in [3.05, 3.63) is 216 Å². The Labute approximate surface area is 296 Å². The summed E-state index contributed by atoms with van der Waals surface area (Å²) in [5.41, 5.74) is 9.57. The van der Waals surface area contributed by atoms with Crippen LogP contribution in [0.4, 0.5) is 0 Å². The summed E-state index contributed by atoms with van der Waals surface area (Å²) in [6, 6.07) is 72.0. The average Bonchev–Trinajstić information content (AvgIpc) is 3.20. The molecule has 0 atom stereocenters. The van der Waals surface area contributed by atoms with Gasteiger partial charge in [0.2, 0.25) is 0 Å². The van der Waals surface area contributed by atoms with Crippen LogP contribution in [-0.4, -0.2) is 0 Å². The van der Waals surface area contributed by atoms with Crippen molar-refractivity contribution < 1.29 is 0 Å². The van der Waals surface area contributed by atoms with Crippen molar-refractivity contribution in [1.82, 2.24) is 0 Å². The number of hydrogen-bond donors (Lipinski definition) is 0. The Kier molecular flexibility index (Phi) is 6.75. The van der Waals surface area contributed by atoms with Crippen LogP contribution in [0.3, 0.4) is 0 Å². The van der Waals surface area contributed by atoms with E-state index in [9.17, 15) is 0 Å². The van der Waals surface area contributed by atoms with E-state index in [0.29, 0.717) is 0 Å². The first-order chi connectivity index (χ1) is 24.8. The zero-order valence-electron chi connectivity index (χ0n) is 27.4. The van der Waals surface area contributed by atoms with Gasteiger partial charge in [-0.3, -0.25) is 0 Å². The minimum absolute atomic E-state index is 0.575. The topological polar surface area (TPSA) is 0 Å². The quantitative estimate of drug-likeness (QED) is 0.182. The molecule has 234 valence electrons. The lowest BCUT2D eigenvalue weighted by Gasteiger charge is -2.43. The van der Waals surface area contributed by atoms with Crippen LogP contribution in [0.1, 0.15) is 22.3 Å². The zero-order valence-corrected chi connectivity index (χ0v) is 28.2. The van der Waals surface area contributed by atoms with E-state index < -0.39 is 5.41 Å². The van der Waals surface area contributed by atoms with Gasteiger partial charge in [0.05, 0.1) is 5.41 Å². The molecule has 0 fully saturated rings. The fraction of sp³-hybridized carbons (Fsp3) is 0.0204. The molecule has 0 amide bonds. The molecule has 0 aromatic heterocycles. The lowest BCUT2D eigenvalue weighted by atomic mass is 9.62. The predicted molar refractivity (Wildman–Crippen MR) is 212 cm³/mol. The third-order valence-corrected chi connectivity index (χ3v) is 11.7. The lowest BCUT2D eigenvalue weighted by molar-refractivity contribution is 0.718. The Morgan fingerprint density at radius 1 is 0.300 bits per heavy atom. The molecule has 1 aliphatic heterocycles. The van der Waals surface area contributed by atoms with Crippen LogP contribution in [0.2, 0.25) is 0 Å². The molecule has 0 N–H and O–H groups in total. The maximum Gasteiger partial charge on any atom is 0.0735 e. The Bertz CT molecular complexity index is 2620. The van der Waals surface area contributed by atoms with Crippen molar-refractivity contribution in [2.24, 2.45) is 0 Å². The fourth-order valence-electron chi connectivity index (χ4n) is 8.26. The molecule has 1 aliphatic rings. The number of hydrogen-bond acceptors (Lipinski definition) is 1. The molecule has 0 nitrogen and oxygen atoms in total. The van der Waals surface area contributed by atoms with Crippen molar-refractivity contribution in [3.8, 4) is 22.3 Å². The van der Waals surface area contributed by atoms with Gasteiger partial charge in [-0.05, 0) is 95.0 Å². The SMILES string of the molecule is c1ccc(-c2ccc(C3(c4ccc(-c5ccc6ccccc6c5)cc4)c4c(ccc5ccccc45)Sc4ccc5ccccc5c43)cc2)cc1. The molecule has 0 unspecified atom stereocenters. The second-order valence-corrected chi connectivity index (χ2v) is 14.3. The van der Waals surface area contributed by atoms with Crippen LogP contribution in [0.5, 0.6) is 0 Å². The van der Waals surface area contributed by atoms with Crippen LogP contribution in [0.25, 0.3) is 54.6 Å². The Morgan fingerprint density at radius 2 is 0.720 bits per heavy atom. The summed E-state index contributed by atoms with van der Waals surface area (Å²) in [5.74, 6) is 0. The average molecular weight is 653 g/mol. The van der Waals surface area contributed by atoms with E-state index in [0.717, 1.165) is 0 Å². The highest BCUT2D eigenvalue weighted by Gasteiger charge is 2.46. The van der Waals surface area contributed by atoms with Crippen molar-refractivity contribution in [2.75, 3.05) is 0 Å². The first-order valence-corrected chi connectivity index (χ1v) is 18.1. The number of rotatable bonds is 4. The molecule has 0 bridgehead atoms. The van der Waals surface area contributed by atoms with Crippen LogP contribution < -0.4 is 0 Å². The predicted octanol–water partition coefficient (Wildman–Crippen LogP) is 13.3. The molecule has 10 rings (SSSR count). The summed E-state index contributed by atoms with van der Waals surface area (Å²) in [4.78, 5) is 2.61. The highest BCUT2D eigenvalue weighted by molar-refractivity contribution is 7.99. The third-order valence-electron chi connectivity index (χ3n) is 10.6. The molecule has 1 heteroatoms. The van der Waals surface area contributed by atoms with Gasteiger partial charge in [-0.1, -0.05) is 188 Å². The highest BCUT2D eigenvalue weighted by atomic mass is 32.2. The van der Waals surface area contributed by atoms with Gasteiger partial charge in [-0.2, -0.15) is 0 Å². The molecule has 1 heterocycles. The number of benzene rings is 9. The van der Waals surface area contributed by atoms with Crippen molar-refractivity contribution in [1.29, 1.82) is 0 Å². The second kappa shape index (κ2) is 11.6. The van der Waals surface area contributed by atoms with Gasteiger partial charge in [0, 0.05) is 9.79 Å². The molecule has 0 saturated carbocycles. The standard InChI is InChI=1S/C49H32S/c1-2-10-33(11-3-1)35-20-26-41(27-21-35)49(42-28-22-36(23-29-42)40-19-18-34-12-4-5-15-39(34)32-40)47-43-16-8-6-13-37(43)24-30-45(47)50-46-31-25-38-14-7-9-17-44(38)48(46)49/h1-32H. The third kappa shape index (κ3) is 4.47. The Balaban J connectivity index is 1.30. The fourth-order valence-corrected chi connectivity index (χ4v) is 9.50. The van der Waals surface area contributed by atoms with E-state index in [1.165, 1.54) is 86.6 Å². The summed E-state index contributed by atoms with van der Waals surface area (Å²) in [6.07, 6.45) is 0. The number of fused-ring (bicyclic) bond motifs is 7. The summed E-state index contributed by atoms with van der Waals surface area (Å²) in [5, 5.41) is 7.62. The van der Waals surface area contributed by atoms with E-state index in [4.69, 9.17) is 0 Å². The van der Waals surface area contributed by atoms with Gasteiger partial charge in [0.25, 0.3) is 0 Å². The molecule has 0 spiro atoms. The Hall–Kier alpha value is -5.89. The first-order valence-electron chi connectivity index (χ1n) is 17.3. The van der Waals surface area contributed by atoms with E-state index in [-0.39, 0.29) is 0 Å². The van der Waals surface area contributed by atoms with Gasteiger partial charge in [-0.25, -0.2) is 0 Å². The van der Waals surface area contributed by atoms with Gasteiger partial charge in [0.1, 0.15) is 0 Å². The summed E-state index contributed by atoms with van der Waals surface area (Å²) >= 11 is 1.90. The molecular formula is C49H32S. The molecule has 50 heavy (non-hydrogen) atoms. The largest absolute Gasteiger partial charge is 0.0894 e. The molecular weight excluding hydrogens is 621 g/mol. The minimum atomic E-state index is -0.575. The van der Waals surface area contributed by atoms with E-state index in [2.05, 4.69) is 194 Å². The Morgan fingerprint density at radius 3 is 1.30 bits per heavy atom. The van der Waals surface area contributed by atoms with Gasteiger partial charge < -0.3 is 0 Å². The lowest BCUT2D eigenvalue weighted by Crippen LogP contribution is -2.34. The van der Waals surface area contributed by atoms with E-state index >= 15 is 0 Å². The summed E-state index contributed by atoms with van der Waals surface area (Å²) < 4.78 is 0. The maximum absolute atomic E-state index is 2.39. The summed E-state index contributed by atoms with van der Waals surface area (Å²) in [7, 11) is 0. The van der Waals surface area contributed by atoms with E-state index in [1.807, 2.05) is 11.8 Å². The highest BCUT2D eigenvalue weighted by Crippen LogP contribution is 2.59.